The zero-order valence-corrected chi connectivity index (χ0v) is 15.6. The fraction of sp³-hybridized carbons (Fsp3) is 0.579. The van der Waals surface area contributed by atoms with Crippen molar-refractivity contribution in [3.05, 3.63) is 23.8 Å². The molecule has 1 aromatic carbocycles. The molecule has 0 saturated carbocycles. The summed E-state index contributed by atoms with van der Waals surface area (Å²) in [6.07, 6.45) is 1.15. The first-order valence-corrected chi connectivity index (χ1v) is 9.16. The predicted octanol–water partition coefficient (Wildman–Crippen LogP) is 1.56. The summed E-state index contributed by atoms with van der Waals surface area (Å²) in [4.78, 5) is 20.1. The van der Waals surface area contributed by atoms with Crippen molar-refractivity contribution in [3.8, 4) is 11.5 Å². The van der Waals surface area contributed by atoms with Crippen molar-refractivity contribution in [2.45, 2.75) is 31.2 Å². The highest BCUT2D eigenvalue weighted by Crippen LogP contribution is 2.33. The molecule has 0 N–H and O–H groups in total. The average molecular weight is 376 g/mol. The molecule has 1 aromatic rings. The minimum Gasteiger partial charge on any atom is -0.497 e. The number of oxime groups is 1. The van der Waals surface area contributed by atoms with E-state index in [-0.39, 0.29) is 5.91 Å². The number of rotatable bonds is 4. The molecule has 3 heterocycles. The Morgan fingerprint density at radius 2 is 1.93 bits per heavy atom. The van der Waals surface area contributed by atoms with E-state index in [0.29, 0.717) is 62.8 Å². The van der Waals surface area contributed by atoms with Crippen LogP contribution < -0.4 is 9.47 Å². The molecule has 2 fully saturated rings. The highest BCUT2D eigenvalue weighted by Gasteiger charge is 2.43. The summed E-state index contributed by atoms with van der Waals surface area (Å²) in [5, 5.41) is 4.14. The SMILES string of the molecule is COc1ccc(OC)c(C2=NO[C@H](C(=O)N3CCC4(CC3)OCCO4)C2)c1. The third-order valence-electron chi connectivity index (χ3n) is 5.31. The van der Waals surface area contributed by atoms with Gasteiger partial charge in [-0.2, -0.15) is 0 Å². The summed E-state index contributed by atoms with van der Waals surface area (Å²) < 4.78 is 22.1. The number of likely N-dealkylation sites (tertiary alicyclic amines) is 1. The number of ether oxygens (including phenoxy) is 4. The molecule has 0 radical (unpaired) electrons. The number of carbonyl (C=O) groups is 1. The number of nitrogens with zero attached hydrogens (tertiary/aromatic N) is 2. The molecule has 3 aliphatic rings. The molecule has 3 aliphatic heterocycles. The summed E-state index contributed by atoms with van der Waals surface area (Å²) in [5.41, 5.74) is 1.46. The van der Waals surface area contributed by atoms with Crippen LogP contribution in [-0.2, 0) is 19.1 Å². The second kappa shape index (κ2) is 7.36. The normalized spacial score (nSPS) is 23.9. The first-order chi connectivity index (χ1) is 13.1. The second-order valence-corrected chi connectivity index (χ2v) is 6.84. The zero-order valence-electron chi connectivity index (χ0n) is 15.6. The van der Waals surface area contributed by atoms with E-state index in [9.17, 15) is 4.79 Å². The molecule has 0 aliphatic carbocycles. The lowest BCUT2D eigenvalue weighted by Crippen LogP contribution is -2.50. The Hall–Kier alpha value is -2.32. The molecule has 27 heavy (non-hydrogen) atoms. The van der Waals surface area contributed by atoms with Gasteiger partial charge in [0.25, 0.3) is 5.91 Å². The molecular formula is C19H24N2O6. The molecule has 2 saturated heterocycles. The van der Waals surface area contributed by atoms with E-state index in [1.165, 1.54) is 0 Å². The van der Waals surface area contributed by atoms with E-state index < -0.39 is 11.9 Å². The smallest absolute Gasteiger partial charge is 0.266 e. The Morgan fingerprint density at radius 3 is 2.59 bits per heavy atom. The molecule has 0 unspecified atom stereocenters. The van der Waals surface area contributed by atoms with Crippen molar-refractivity contribution in [2.24, 2.45) is 5.16 Å². The van der Waals surface area contributed by atoms with Gasteiger partial charge in [-0.25, -0.2) is 0 Å². The van der Waals surface area contributed by atoms with Crippen LogP contribution in [0.25, 0.3) is 0 Å². The molecule has 1 atom stereocenters. The second-order valence-electron chi connectivity index (χ2n) is 6.84. The number of benzene rings is 1. The van der Waals surface area contributed by atoms with Crippen LogP contribution in [0.5, 0.6) is 11.5 Å². The maximum atomic E-state index is 12.8. The van der Waals surface area contributed by atoms with Crippen LogP contribution in [-0.4, -0.2) is 68.9 Å². The first kappa shape index (κ1) is 18.1. The van der Waals surface area contributed by atoms with Gasteiger partial charge in [-0.1, -0.05) is 5.16 Å². The summed E-state index contributed by atoms with van der Waals surface area (Å²) in [7, 11) is 3.20. The molecule has 1 spiro atoms. The number of carbonyl (C=O) groups excluding carboxylic acids is 1. The molecule has 146 valence electrons. The lowest BCUT2D eigenvalue weighted by atomic mass is 10.0. The van der Waals surface area contributed by atoms with Crippen LogP contribution in [0.1, 0.15) is 24.8 Å². The van der Waals surface area contributed by atoms with E-state index in [0.717, 1.165) is 5.56 Å². The van der Waals surface area contributed by atoms with Crippen LogP contribution in [0.4, 0.5) is 0 Å². The Morgan fingerprint density at radius 1 is 1.19 bits per heavy atom. The molecule has 1 amide bonds. The fourth-order valence-electron chi connectivity index (χ4n) is 3.77. The summed E-state index contributed by atoms with van der Waals surface area (Å²) >= 11 is 0. The predicted molar refractivity (Wildman–Crippen MR) is 96.0 cm³/mol. The Balaban J connectivity index is 1.40. The largest absolute Gasteiger partial charge is 0.497 e. The Bertz CT molecular complexity index is 734. The summed E-state index contributed by atoms with van der Waals surface area (Å²) in [6, 6.07) is 5.48. The quantitative estimate of drug-likeness (QED) is 0.794. The highest BCUT2D eigenvalue weighted by atomic mass is 16.7. The lowest BCUT2D eigenvalue weighted by Gasteiger charge is -2.38. The van der Waals surface area contributed by atoms with Crippen LogP contribution in [0.15, 0.2) is 23.4 Å². The molecule has 0 aromatic heterocycles. The molecule has 4 rings (SSSR count). The molecule has 0 bridgehead atoms. The van der Waals surface area contributed by atoms with E-state index in [4.69, 9.17) is 23.8 Å². The minimum absolute atomic E-state index is 0.0524. The van der Waals surface area contributed by atoms with Crippen molar-refractivity contribution in [1.82, 2.24) is 4.90 Å². The Labute approximate surface area is 157 Å². The van der Waals surface area contributed by atoms with Gasteiger partial charge in [0.15, 0.2) is 5.79 Å². The van der Waals surface area contributed by atoms with Crippen molar-refractivity contribution in [1.29, 1.82) is 0 Å². The van der Waals surface area contributed by atoms with Gasteiger partial charge in [-0.15, -0.1) is 0 Å². The third-order valence-corrected chi connectivity index (χ3v) is 5.31. The standard InChI is InChI=1S/C19H24N2O6/c1-23-13-3-4-16(24-2)14(11-13)15-12-17(27-20-15)18(22)21-7-5-19(6-8-21)25-9-10-26-19/h3-4,11,17H,5-10,12H2,1-2H3/t17-/m0/s1. The van der Waals surface area contributed by atoms with Gasteiger partial charge >= 0.3 is 0 Å². The van der Waals surface area contributed by atoms with Gasteiger partial charge in [0, 0.05) is 37.9 Å². The van der Waals surface area contributed by atoms with Crippen LogP contribution in [0.3, 0.4) is 0 Å². The van der Waals surface area contributed by atoms with E-state index in [2.05, 4.69) is 5.16 Å². The fourth-order valence-corrected chi connectivity index (χ4v) is 3.77. The van der Waals surface area contributed by atoms with Crippen molar-refractivity contribution < 1.29 is 28.6 Å². The Kier molecular flexibility index (Phi) is 4.92. The van der Waals surface area contributed by atoms with Crippen LogP contribution >= 0.6 is 0 Å². The maximum Gasteiger partial charge on any atom is 0.266 e. The number of hydrogen-bond donors (Lipinski definition) is 0. The third kappa shape index (κ3) is 3.46. The topological polar surface area (TPSA) is 78.8 Å². The monoisotopic (exact) mass is 376 g/mol. The summed E-state index contributed by atoms with van der Waals surface area (Å²) in [6.45, 7) is 2.44. The van der Waals surface area contributed by atoms with E-state index in [1.807, 2.05) is 23.1 Å². The van der Waals surface area contributed by atoms with E-state index in [1.54, 1.807) is 14.2 Å². The van der Waals surface area contributed by atoms with Gasteiger partial charge in [-0.05, 0) is 18.2 Å². The van der Waals surface area contributed by atoms with Crippen LogP contribution in [0.2, 0.25) is 0 Å². The molecule has 8 heteroatoms. The first-order valence-electron chi connectivity index (χ1n) is 9.16. The minimum atomic E-state index is -0.615. The van der Waals surface area contributed by atoms with Gasteiger partial charge in [0.2, 0.25) is 6.10 Å². The van der Waals surface area contributed by atoms with Crippen molar-refractivity contribution in [3.63, 3.8) is 0 Å². The van der Waals surface area contributed by atoms with E-state index >= 15 is 0 Å². The molecular weight excluding hydrogens is 352 g/mol. The average Bonchev–Trinajstić information content (AvgIpc) is 3.38. The number of methoxy groups -OCH3 is 2. The number of amides is 1. The molecule has 8 nitrogen and oxygen atoms in total. The van der Waals surface area contributed by atoms with Gasteiger partial charge in [-0.3, -0.25) is 4.79 Å². The van der Waals surface area contributed by atoms with Gasteiger partial charge in [0.1, 0.15) is 11.5 Å². The highest BCUT2D eigenvalue weighted by molar-refractivity contribution is 6.06. The van der Waals surface area contributed by atoms with Crippen LogP contribution in [0, 0.1) is 0 Å². The summed E-state index contributed by atoms with van der Waals surface area (Å²) in [5.74, 6) is 0.814. The number of piperidine rings is 1. The number of hydrogen-bond acceptors (Lipinski definition) is 7. The van der Waals surface area contributed by atoms with Crippen molar-refractivity contribution >= 4 is 11.6 Å². The van der Waals surface area contributed by atoms with Gasteiger partial charge in [0.05, 0.1) is 33.1 Å². The van der Waals surface area contributed by atoms with Crippen molar-refractivity contribution in [2.75, 3.05) is 40.5 Å². The van der Waals surface area contributed by atoms with Gasteiger partial charge < -0.3 is 28.7 Å². The lowest BCUT2D eigenvalue weighted by molar-refractivity contribution is -0.189. The maximum absolute atomic E-state index is 12.8. The zero-order chi connectivity index (χ0) is 18.9.